The molecule has 0 fully saturated rings. The first-order chi connectivity index (χ1) is 26.4. The van der Waals surface area contributed by atoms with E-state index in [-0.39, 0.29) is 33.2 Å². The predicted molar refractivity (Wildman–Crippen MR) is 244 cm³/mol. The Labute approximate surface area is 359 Å². The maximum absolute atomic E-state index is 5.54. The largest absolute Gasteiger partial charge is 0.657 e. The van der Waals surface area contributed by atoms with Crippen LogP contribution in [0.1, 0.15) is 160 Å². The van der Waals surface area contributed by atoms with Crippen molar-refractivity contribution in [2.45, 2.75) is 131 Å². The molecule has 5 aromatic carbocycles. The maximum atomic E-state index is 5.54. The van der Waals surface area contributed by atoms with E-state index in [2.05, 4.69) is 209 Å². The van der Waals surface area contributed by atoms with Crippen LogP contribution in [0.25, 0.3) is 21.8 Å². The number of hydrogen-bond acceptors (Lipinski definition) is 3. The van der Waals surface area contributed by atoms with Crippen molar-refractivity contribution in [3.05, 3.63) is 149 Å². The van der Waals surface area contributed by atoms with Crippen molar-refractivity contribution in [3.8, 4) is 0 Å². The van der Waals surface area contributed by atoms with Crippen molar-refractivity contribution in [2.24, 2.45) is 5.10 Å². The average Bonchev–Trinajstić information content (AvgIpc) is 3.76. The Bertz CT molecular complexity index is 2210. The van der Waals surface area contributed by atoms with Crippen LogP contribution < -0.4 is 14.9 Å². The number of benzene rings is 5. The number of amidine groups is 1. The van der Waals surface area contributed by atoms with E-state index >= 15 is 0 Å². The van der Waals surface area contributed by atoms with Gasteiger partial charge in [0.25, 0.3) is 0 Å². The van der Waals surface area contributed by atoms with Crippen LogP contribution in [0.15, 0.2) is 108 Å². The summed E-state index contributed by atoms with van der Waals surface area (Å²) in [6, 6.07) is 37.2. The number of fused-ring (bicyclic) bond motifs is 3. The van der Waals surface area contributed by atoms with Crippen LogP contribution in [0, 0.1) is 6.67 Å². The van der Waals surface area contributed by atoms with Gasteiger partial charge in [-0.15, -0.1) is 17.7 Å². The molecule has 1 aliphatic rings. The molecule has 0 bridgehead atoms. The van der Waals surface area contributed by atoms with E-state index < -0.39 is 0 Å². The van der Waals surface area contributed by atoms with Crippen LogP contribution in [-0.4, -0.2) is 5.84 Å². The first-order valence-corrected chi connectivity index (χ1v) is 20.7. The zero-order valence-electron chi connectivity index (χ0n) is 36.8. The fraction of sp³-hybridized carbons (Fsp3) is 0.385. The Morgan fingerprint density at radius 2 is 0.895 bits per heavy atom. The molecular formula is C52H64AuN4-2. The zero-order valence-corrected chi connectivity index (χ0v) is 39.0. The van der Waals surface area contributed by atoms with Gasteiger partial charge in [0.2, 0.25) is 0 Å². The topological polar surface area (TPSA) is 32.9 Å². The molecule has 0 N–H and O–H groups in total. The van der Waals surface area contributed by atoms with Gasteiger partial charge in [-0.05, 0) is 90.8 Å². The second-order valence-corrected chi connectivity index (χ2v) is 18.9. The summed E-state index contributed by atoms with van der Waals surface area (Å²) in [4.78, 5) is 6.92. The van der Waals surface area contributed by atoms with Crippen molar-refractivity contribution in [3.63, 3.8) is 0 Å². The third kappa shape index (κ3) is 9.30. The Morgan fingerprint density at radius 1 is 0.509 bits per heavy atom. The number of nitrogens with zero attached hydrogens (tertiary/aromatic N) is 4. The summed E-state index contributed by atoms with van der Waals surface area (Å²) >= 11 is 0. The van der Waals surface area contributed by atoms with Crippen LogP contribution in [0.4, 0.5) is 11.4 Å². The summed E-state index contributed by atoms with van der Waals surface area (Å²) in [6.07, 6.45) is 0. The fourth-order valence-corrected chi connectivity index (χ4v) is 7.72. The molecule has 0 unspecified atom stereocenters. The molecule has 0 atom stereocenters. The molecule has 1 radical (unpaired) electrons. The molecular weight excluding hydrogens is 878 g/mol. The molecule has 0 saturated carbocycles. The summed E-state index contributed by atoms with van der Waals surface area (Å²) < 4.78 is 0. The van der Waals surface area contributed by atoms with Gasteiger partial charge in [-0.3, -0.25) is 0 Å². The molecule has 1 aromatic heterocycles. The van der Waals surface area contributed by atoms with Crippen molar-refractivity contribution in [1.29, 1.82) is 0 Å². The van der Waals surface area contributed by atoms with Crippen LogP contribution in [0.3, 0.4) is 0 Å². The first-order valence-electron chi connectivity index (χ1n) is 20.7. The van der Waals surface area contributed by atoms with Gasteiger partial charge in [0.05, 0.1) is 0 Å². The van der Waals surface area contributed by atoms with Crippen molar-refractivity contribution in [1.82, 2.24) is 4.98 Å². The summed E-state index contributed by atoms with van der Waals surface area (Å²) in [7, 11) is 0. The Balaban J connectivity index is 0.000000369. The van der Waals surface area contributed by atoms with Crippen molar-refractivity contribution in [2.75, 3.05) is 9.91 Å². The molecule has 0 amide bonds. The molecule has 305 valence electrons. The zero-order chi connectivity index (χ0) is 40.7. The second kappa shape index (κ2) is 17.4. The van der Waals surface area contributed by atoms with Crippen LogP contribution in [0.5, 0.6) is 0 Å². The molecule has 4 nitrogen and oxygen atoms in total. The summed E-state index contributed by atoms with van der Waals surface area (Å²) in [5.41, 5.74) is 13.9. The van der Waals surface area contributed by atoms with E-state index in [0.29, 0.717) is 23.7 Å². The van der Waals surface area contributed by atoms with Gasteiger partial charge >= 0.3 is 0 Å². The summed E-state index contributed by atoms with van der Waals surface area (Å²) in [5, 5.41) is 10.2. The Hall–Kier alpha value is -4.09. The molecule has 0 aliphatic carbocycles. The average molecular weight is 942 g/mol. The summed E-state index contributed by atoms with van der Waals surface area (Å²) in [5.74, 6) is 2.48. The van der Waals surface area contributed by atoms with Crippen molar-refractivity contribution < 1.29 is 22.4 Å². The molecule has 57 heavy (non-hydrogen) atoms. The third-order valence-electron chi connectivity index (χ3n) is 11.1. The number of aromatic nitrogens is 1. The molecule has 6 aromatic rings. The molecule has 2 heterocycles. The van der Waals surface area contributed by atoms with Gasteiger partial charge < -0.3 is 14.9 Å². The van der Waals surface area contributed by atoms with E-state index in [1.807, 2.05) is 12.1 Å². The smallest absolute Gasteiger partial charge is 0.129 e. The quantitative estimate of drug-likeness (QED) is 0.118. The van der Waals surface area contributed by atoms with Gasteiger partial charge in [-0.2, -0.15) is 5.10 Å². The van der Waals surface area contributed by atoms with Crippen LogP contribution >= 0.6 is 0 Å². The van der Waals surface area contributed by atoms with Gasteiger partial charge in [0.1, 0.15) is 5.84 Å². The van der Waals surface area contributed by atoms with Gasteiger partial charge in [0, 0.05) is 39.3 Å². The Morgan fingerprint density at radius 3 is 1.28 bits per heavy atom. The van der Waals surface area contributed by atoms with E-state index in [4.69, 9.17) is 5.10 Å². The maximum Gasteiger partial charge on any atom is 0.129 e. The van der Waals surface area contributed by atoms with Crippen LogP contribution in [0.2, 0.25) is 0 Å². The summed E-state index contributed by atoms with van der Waals surface area (Å²) in [6.45, 7) is 34.5. The van der Waals surface area contributed by atoms with E-state index in [9.17, 15) is 0 Å². The first kappa shape index (κ1) is 44.0. The van der Waals surface area contributed by atoms with Gasteiger partial charge in [0.15, 0.2) is 0 Å². The minimum absolute atomic E-state index is 0. The van der Waals surface area contributed by atoms with Gasteiger partial charge in [-0.1, -0.05) is 188 Å². The normalized spacial score (nSPS) is 13.5. The second-order valence-electron chi connectivity index (χ2n) is 18.9. The van der Waals surface area contributed by atoms with Crippen LogP contribution in [-0.2, 0) is 33.2 Å². The molecule has 0 spiro atoms. The molecule has 5 heteroatoms. The number of hydrogen-bond donors (Lipinski definition) is 0. The van der Waals surface area contributed by atoms with E-state index in [0.717, 1.165) is 22.4 Å². The molecule has 7 rings (SSSR count). The predicted octanol–water partition coefficient (Wildman–Crippen LogP) is 14.5. The van der Waals surface area contributed by atoms with Crippen molar-refractivity contribution >= 4 is 39.0 Å². The number of para-hydroxylation sites is 4. The number of hydrazone groups is 1. The van der Waals surface area contributed by atoms with Gasteiger partial charge in [-0.25, -0.2) is 0 Å². The minimum Gasteiger partial charge on any atom is -0.657 e. The third-order valence-corrected chi connectivity index (χ3v) is 11.1. The number of anilines is 2. The standard InChI is InChI=1S/C40H56N3.C12H8N.Au/c1-25(2)32-17-15-18-33(26(3)4)36(32)42-24-43(37-34(27(5)6)19-16-20-35(37)28(7)8)41-38(42)29-21-30(39(9,10)11)23-31(22-29)40(12,13)14;1-3-7-11-9(5-1)10-6-2-4-8-12(10)13-11;/h15-28H,1-14H3;1-8H;/q2*-1;. The number of rotatable bonds is 7. The molecule has 0 saturated heterocycles. The fourth-order valence-electron chi connectivity index (χ4n) is 7.72. The van der Waals surface area contributed by atoms with E-state index in [1.165, 1.54) is 55.5 Å². The van der Waals surface area contributed by atoms with E-state index in [1.54, 1.807) is 0 Å². The SMILES string of the molecule is CC(C)c1cccc(C(C)C)c1N1[CH-]N(c2c(C(C)C)cccc2C(C)C)C(c2cc(C(C)(C)C)cc(C(C)(C)C)c2)=N1.[Au].c1ccc2c(c1)[n-]c1ccccc12. The monoisotopic (exact) mass is 941 g/mol. The molecule has 1 aliphatic heterocycles. The minimum atomic E-state index is 0. The Kier molecular flexibility index (Phi) is 13.4.